The standard InChI is InChI=1S/C18H27N5/c1-12(2)23-7-5-15(6-8-23)10-17-20-13(3)9-16(22-17)18-19-11-14(4)21-18/h9,11-12,15H,5-8,10H2,1-4H3,(H,19,21). The Labute approximate surface area is 138 Å². The van der Waals surface area contributed by atoms with Crippen LogP contribution in [0.25, 0.3) is 11.5 Å². The number of imidazole rings is 1. The Morgan fingerprint density at radius 2 is 1.96 bits per heavy atom. The summed E-state index contributed by atoms with van der Waals surface area (Å²) in [5.41, 5.74) is 2.97. The summed E-state index contributed by atoms with van der Waals surface area (Å²) in [6, 6.07) is 2.66. The first-order valence-corrected chi connectivity index (χ1v) is 8.62. The number of aromatic amines is 1. The maximum absolute atomic E-state index is 4.75. The Bertz CT molecular complexity index is 653. The smallest absolute Gasteiger partial charge is 0.156 e. The summed E-state index contributed by atoms with van der Waals surface area (Å²) in [5.74, 6) is 2.49. The summed E-state index contributed by atoms with van der Waals surface area (Å²) in [6.07, 6.45) is 5.30. The molecule has 124 valence electrons. The maximum atomic E-state index is 4.75. The van der Waals surface area contributed by atoms with Crippen LogP contribution in [0, 0.1) is 19.8 Å². The minimum atomic E-state index is 0.653. The predicted molar refractivity (Wildman–Crippen MR) is 92.2 cm³/mol. The molecule has 0 atom stereocenters. The molecular formula is C18H27N5. The normalized spacial score (nSPS) is 17.1. The summed E-state index contributed by atoms with van der Waals surface area (Å²) in [6.45, 7) is 11.0. The first-order chi connectivity index (χ1) is 11.0. The molecule has 0 aliphatic carbocycles. The highest BCUT2D eigenvalue weighted by Gasteiger charge is 2.22. The lowest BCUT2D eigenvalue weighted by Crippen LogP contribution is -2.39. The van der Waals surface area contributed by atoms with Crippen molar-refractivity contribution in [3.8, 4) is 11.5 Å². The van der Waals surface area contributed by atoms with Gasteiger partial charge in [-0.1, -0.05) is 0 Å². The molecule has 1 saturated heterocycles. The first-order valence-electron chi connectivity index (χ1n) is 8.62. The second kappa shape index (κ2) is 6.79. The third-order valence-electron chi connectivity index (χ3n) is 4.70. The van der Waals surface area contributed by atoms with Gasteiger partial charge in [0.2, 0.25) is 0 Å². The van der Waals surface area contributed by atoms with E-state index in [0.717, 1.165) is 35.2 Å². The fraction of sp³-hybridized carbons (Fsp3) is 0.611. The number of likely N-dealkylation sites (tertiary alicyclic amines) is 1. The molecule has 0 spiro atoms. The summed E-state index contributed by atoms with van der Waals surface area (Å²) < 4.78 is 0. The zero-order chi connectivity index (χ0) is 16.4. The number of rotatable bonds is 4. The number of aryl methyl sites for hydroxylation is 2. The molecule has 1 aliphatic heterocycles. The van der Waals surface area contributed by atoms with E-state index in [1.165, 1.54) is 25.9 Å². The Morgan fingerprint density at radius 1 is 1.22 bits per heavy atom. The lowest BCUT2D eigenvalue weighted by molar-refractivity contribution is 0.148. The van der Waals surface area contributed by atoms with Crippen LogP contribution in [0.5, 0.6) is 0 Å². The average Bonchev–Trinajstić information content (AvgIpc) is 2.94. The highest BCUT2D eigenvalue weighted by Crippen LogP contribution is 2.23. The molecular weight excluding hydrogens is 286 g/mol. The van der Waals surface area contributed by atoms with Crippen LogP contribution in [-0.4, -0.2) is 44.0 Å². The van der Waals surface area contributed by atoms with Gasteiger partial charge in [0, 0.05) is 30.0 Å². The van der Waals surface area contributed by atoms with Gasteiger partial charge in [0.1, 0.15) is 11.5 Å². The number of hydrogen-bond donors (Lipinski definition) is 1. The fourth-order valence-corrected chi connectivity index (χ4v) is 3.32. The molecule has 1 N–H and O–H groups in total. The van der Waals surface area contributed by atoms with Crippen molar-refractivity contribution in [2.75, 3.05) is 13.1 Å². The van der Waals surface area contributed by atoms with Crippen LogP contribution >= 0.6 is 0 Å². The molecule has 0 bridgehead atoms. The van der Waals surface area contributed by atoms with Crippen LogP contribution in [0.1, 0.15) is 43.9 Å². The van der Waals surface area contributed by atoms with Gasteiger partial charge in [0.15, 0.2) is 5.82 Å². The van der Waals surface area contributed by atoms with E-state index in [4.69, 9.17) is 4.98 Å². The molecule has 1 fully saturated rings. The van der Waals surface area contributed by atoms with Crippen molar-refractivity contribution in [3.63, 3.8) is 0 Å². The number of hydrogen-bond acceptors (Lipinski definition) is 4. The molecule has 0 saturated carbocycles. The molecule has 5 heteroatoms. The quantitative estimate of drug-likeness (QED) is 0.942. The highest BCUT2D eigenvalue weighted by molar-refractivity contribution is 5.49. The highest BCUT2D eigenvalue weighted by atomic mass is 15.1. The lowest BCUT2D eigenvalue weighted by atomic mass is 9.92. The number of piperidine rings is 1. The SMILES string of the molecule is Cc1cc(-c2ncc(C)[nH]2)nc(CC2CCN(C(C)C)CC2)n1. The van der Waals surface area contributed by atoms with Gasteiger partial charge in [-0.25, -0.2) is 15.0 Å². The summed E-state index contributed by atoms with van der Waals surface area (Å²) in [5, 5.41) is 0. The number of aromatic nitrogens is 4. The maximum Gasteiger partial charge on any atom is 0.156 e. The van der Waals surface area contributed by atoms with Crippen molar-refractivity contribution < 1.29 is 0 Å². The van der Waals surface area contributed by atoms with Crippen molar-refractivity contribution >= 4 is 0 Å². The molecule has 3 rings (SSSR count). The number of nitrogens with one attached hydrogen (secondary N) is 1. The molecule has 2 aromatic rings. The Hall–Kier alpha value is -1.75. The van der Waals surface area contributed by atoms with Gasteiger partial charge in [0.05, 0.1) is 0 Å². The van der Waals surface area contributed by atoms with E-state index in [2.05, 4.69) is 33.7 Å². The largest absolute Gasteiger partial charge is 0.341 e. The molecule has 3 heterocycles. The summed E-state index contributed by atoms with van der Waals surface area (Å²) >= 11 is 0. The minimum absolute atomic E-state index is 0.653. The van der Waals surface area contributed by atoms with Crippen LogP contribution in [0.2, 0.25) is 0 Å². The Balaban J connectivity index is 1.70. The van der Waals surface area contributed by atoms with Crippen molar-refractivity contribution in [3.05, 3.63) is 29.5 Å². The first kappa shape index (κ1) is 16.1. The second-order valence-corrected chi connectivity index (χ2v) is 7.00. The Morgan fingerprint density at radius 3 is 2.57 bits per heavy atom. The second-order valence-electron chi connectivity index (χ2n) is 7.00. The van der Waals surface area contributed by atoms with Crippen molar-refractivity contribution in [2.45, 2.75) is 53.0 Å². The monoisotopic (exact) mass is 313 g/mol. The van der Waals surface area contributed by atoms with E-state index in [-0.39, 0.29) is 0 Å². The fourth-order valence-electron chi connectivity index (χ4n) is 3.32. The van der Waals surface area contributed by atoms with E-state index in [9.17, 15) is 0 Å². The van der Waals surface area contributed by atoms with Gasteiger partial charge in [0.25, 0.3) is 0 Å². The number of H-pyrrole nitrogens is 1. The zero-order valence-corrected chi connectivity index (χ0v) is 14.6. The zero-order valence-electron chi connectivity index (χ0n) is 14.6. The van der Waals surface area contributed by atoms with Crippen molar-refractivity contribution in [1.29, 1.82) is 0 Å². The molecule has 0 aromatic carbocycles. The predicted octanol–water partition coefficient (Wildman–Crippen LogP) is 3.15. The van der Waals surface area contributed by atoms with Crippen molar-refractivity contribution in [1.82, 2.24) is 24.8 Å². The van der Waals surface area contributed by atoms with Gasteiger partial charge < -0.3 is 9.88 Å². The van der Waals surface area contributed by atoms with Gasteiger partial charge >= 0.3 is 0 Å². The molecule has 0 radical (unpaired) electrons. The Kier molecular flexibility index (Phi) is 4.76. The van der Waals surface area contributed by atoms with Gasteiger partial charge in [-0.2, -0.15) is 0 Å². The van der Waals surface area contributed by atoms with Crippen molar-refractivity contribution in [2.24, 2.45) is 5.92 Å². The van der Waals surface area contributed by atoms with E-state index < -0.39 is 0 Å². The van der Waals surface area contributed by atoms with E-state index in [0.29, 0.717) is 12.0 Å². The van der Waals surface area contributed by atoms with E-state index >= 15 is 0 Å². The molecule has 1 aliphatic rings. The van der Waals surface area contributed by atoms with E-state index in [1.54, 1.807) is 0 Å². The van der Waals surface area contributed by atoms with Crippen LogP contribution < -0.4 is 0 Å². The van der Waals surface area contributed by atoms with Crippen LogP contribution in [-0.2, 0) is 6.42 Å². The third-order valence-corrected chi connectivity index (χ3v) is 4.70. The number of nitrogens with zero attached hydrogens (tertiary/aromatic N) is 4. The topological polar surface area (TPSA) is 57.7 Å². The molecule has 5 nitrogen and oxygen atoms in total. The minimum Gasteiger partial charge on any atom is -0.341 e. The van der Waals surface area contributed by atoms with Crippen LogP contribution in [0.3, 0.4) is 0 Å². The average molecular weight is 313 g/mol. The van der Waals surface area contributed by atoms with Gasteiger partial charge in [-0.05, 0) is 65.6 Å². The molecule has 0 amide bonds. The molecule has 23 heavy (non-hydrogen) atoms. The molecule has 2 aromatic heterocycles. The molecule has 0 unspecified atom stereocenters. The lowest BCUT2D eigenvalue weighted by Gasteiger charge is -2.34. The summed E-state index contributed by atoms with van der Waals surface area (Å²) in [7, 11) is 0. The van der Waals surface area contributed by atoms with Gasteiger partial charge in [-0.15, -0.1) is 0 Å². The van der Waals surface area contributed by atoms with E-state index in [1.807, 2.05) is 26.1 Å². The van der Waals surface area contributed by atoms with Crippen LogP contribution in [0.4, 0.5) is 0 Å². The third kappa shape index (κ3) is 3.96. The summed E-state index contributed by atoms with van der Waals surface area (Å²) in [4.78, 5) is 19.6. The van der Waals surface area contributed by atoms with Gasteiger partial charge in [-0.3, -0.25) is 0 Å². The van der Waals surface area contributed by atoms with Crippen LogP contribution in [0.15, 0.2) is 12.3 Å².